The Balaban J connectivity index is 1.65. The molecule has 12 nitrogen and oxygen atoms in total. The van der Waals surface area contributed by atoms with E-state index >= 15 is 0 Å². The number of hydrogen-bond acceptors (Lipinski definition) is 9. The molecule has 3 rings (SSSR count). The first-order valence-electron chi connectivity index (χ1n) is 9.94. The summed E-state index contributed by atoms with van der Waals surface area (Å²) in [5.74, 6) is 0.372. The number of aldehydes is 1. The van der Waals surface area contributed by atoms with E-state index in [1.165, 1.54) is 25.4 Å². The lowest BCUT2D eigenvalue weighted by Crippen LogP contribution is -2.41. The van der Waals surface area contributed by atoms with Gasteiger partial charge >= 0.3 is 6.03 Å². The molecule has 1 aliphatic heterocycles. The highest BCUT2D eigenvalue weighted by Gasteiger charge is 2.20. The van der Waals surface area contributed by atoms with E-state index < -0.39 is 6.03 Å². The van der Waals surface area contributed by atoms with Gasteiger partial charge in [0.2, 0.25) is 5.91 Å². The molecule has 0 unspecified atom stereocenters. The molecule has 12 heteroatoms. The Morgan fingerprint density at radius 1 is 1.33 bits per heavy atom. The number of amides is 3. The molecule has 172 valence electrons. The van der Waals surface area contributed by atoms with Crippen LogP contribution in [0.4, 0.5) is 16.4 Å². The van der Waals surface area contributed by atoms with Crippen molar-refractivity contribution >= 4 is 29.9 Å². The van der Waals surface area contributed by atoms with E-state index in [-0.39, 0.29) is 54.3 Å². The molecule has 0 bridgehead atoms. The minimum absolute atomic E-state index is 0.00613. The van der Waals surface area contributed by atoms with Crippen LogP contribution in [0.1, 0.15) is 21.6 Å². The minimum Gasteiger partial charge on any atom is -0.490 e. The van der Waals surface area contributed by atoms with Crippen molar-refractivity contribution in [3.05, 3.63) is 41.2 Å². The molecule has 0 saturated carbocycles. The Hall–Kier alpha value is -4.08. The fraction of sp³-hybridized carbons (Fsp3) is 0.333. The third-order valence-corrected chi connectivity index (χ3v) is 4.58. The van der Waals surface area contributed by atoms with Crippen LogP contribution in [-0.4, -0.2) is 73.2 Å². The summed E-state index contributed by atoms with van der Waals surface area (Å²) in [6.07, 6.45) is 1.84. The maximum Gasteiger partial charge on any atom is 0.326 e. The van der Waals surface area contributed by atoms with Crippen LogP contribution in [0, 0.1) is 11.3 Å². The van der Waals surface area contributed by atoms with Crippen molar-refractivity contribution in [2.24, 2.45) is 0 Å². The molecule has 0 atom stereocenters. The van der Waals surface area contributed by atoms with Crippen molar-refractivity contribution in [1.82, 2.24) is 14.9 Å². The lowest BCUT2D eigenvalue weighted by Gasteiger charge is -2.27. The lowest BCUT2D eigenvalue weighted by molar-refractivity contribution is -0.143. The van der Waals surface area contributed by atoms with E-state index in [4.69, 9.17) is 19.5 Å². The average molecular weight is 454 g/mol. The largest absolute Gasteiger partial charge is 0.490 e. The zero-order valence-electron chi connectivity index (χ0n) is 17.9. The standard InChI is InChI=1S/C21H22N6O6/c1-31-6-7-33-17-8-19(23-10-15(17)9-22)26-21(30)25-18-3-2-14(16(12-28)24-18)11-27-4-5-32-13-20(27)29/h2-3,8,10,12H,4-7,11,13H2,1H3,(H2,23,24,25,26,30). The molecular formula is C21H22N6O6. The summed E-state index contributed by atoms with van der Waals surface area (Å²) < 4.78 is 15.5. The Bertz CT molecular complexity index is 1070. The molecular weight excluding hydrogens is 432 g/mol. The quantitative estimate of drug-likeness (QED) is 0.420. The number of urea groups is 1. The number of carbonyl (C=O) groups is 3. The van der Waals surface area contributed by atoms with E-state index in [1.54, 1.807) is 11.0 Å². The van der Waals surface area contributed by atoms with Crippen molar-refractivity contribution in [2.45, 2.75) is 6.54 Å². The van der Waals surface area contributed by atoms with Crippen molar-refractivity contribution in [3.8, 4) is 11.8 Å². The first kappa shape index (κ1) is 23.6. The second-order valence-corrected chi connectivity index (χ2v) is 6.82. The number of nitrogens with one attached hydrogen (secondary N) is 2. The number of anilines is 2. The van der Waals surface area contributed by atoms with Gasteiger partial charge in [-0.3, -0.25) is 20.2 Å². The number of ether oxygens (including phenoxy) is 3. The summed E-state index contributed by atoms with van der Waals surface area (Å²) >= 11 is 0. The zero-order valence-corrected chi connectivity index (χ0v) is 17.9. The van der Waals surface area contributed by atoms with Crippen molar-refractivity contribution in [3.63, 3.8) is 0 Å². The third kappa shape index (κ3) is 6.45. The van der Waals surface area contributed by atoms with Crippen molar-refractivity contribution < 1.29 is 28.6 Å². The van der Waals surface area contributed by atoms with E-state index in [0.717, 1.165) is 0 Å². The smallest absolute Gasteiger partial charge is 0.326 e. The molecule has 33 heavy (non-hydrogen) atoms. The second kappa shape index (κ2) is 11.5. The van der Waals surface area contributed by atoms with Crippen LogP contribution in [0.25, 0.3) is 0 Å². The molecule has 1 aliphatic rings. The average Bonchev–Trinajstić information content (AvgIpc) is 2.81. The maximum absolute atomic E-state index is 12.4. The van der Waals surface area contributed by atoms with Gasteiger partial charge in [-0.05, 0) is 6.07 Å². The van der Waals surface area contributed by atoms with Gasteiger partial charge in [0, 0.05) is 31.8 Å². The Labute approximate surface area is 189 Å². The maximum atomic E-state index is 12.4. The number of nitriles is 1. The van der Waals surface area contributed by atoms with Crippen molar-refractivity contribution in [1.29, 1.82) is 5.26 Å². The van der Waals surface area contributed by atoms with Crippen LogP contribution < -0.4 is 15.4 Å². The van der Waals surface area contributed by atoms with Crippen LogP contribution in [-0.2, 0) is 20.8 Å². The Morgan fingerprint density at radius 2 is 2.15 bits per heavy atom. The highest BCUT2D eigenvalue weighted by molar-refractivity contribution is 5.98. The van der Waals surface area contributed by atoms with Crippen LogP contribution in [0.5, 0.6) is 5.75 Å². The number of methoxy groups -OCH3 is 1. The molecule has 2 aromatic rings. The normalized spacial score (nSPS) is 13.2. The van der Waals surface area contributed by atoms with E-state index in [2.05, 4.69) is 20.6 Å². The van der Waals surface area contributed by atoms with E-state index in [9.17, 15) is 14.4 Å². The third-order valence-electron chi connectivity index (χ3n) is 4.58. The monoisotopic (exact) mass is 454 g/mol. The molecule has 1 saturated heterocycles. The summed E-state index contributed by atoms with van der Waals surface area (Å²) in [6, 6.07) is 5.87. The minimum atomic E-state index is -0.657. The summed E-state index contributed by atoms with van der Waals surface area (Å²) in [6.45, 7) is 1.63. The van der Waals surface area contributed by atoms with Crippen molar-refractivity contribution in [2.75, 3.05) is 50.7 Å². The van der Waals surface area contributed by atoms with Crippen LogP contribution in [0.3, 0.4) is 0 Å². The lowest BCUT2D eigenvalue weighted by atomic mass is 10.1. The first-order chi connectivity index (χ1) is 16.0. The van der Waals surface area contributed by atoms with Crippen LogP contribution in [0.15, 0.2) is 24.4 Å². The molecule has 0 spiro atoms. The van der Waals surface area contributed by atoms with Gasteiger partial charge in [-0.15, -0.1) is 0 Å². The predicted molar refractivity (Wildman–Crippen MR) is 115 cm³/mol. The number of pyridine rings is 2. The Kier molecular flexibility index (Phi) is 8.23. The fourth-order valence-corrected chi connectivity index (χ4v) is 2.94. The number of hydrogen-bond donors (Lipinski definition) is 2. The van der Waals surface area contributed by atoms with E-state index in [1.807, 2.05) is 6.07 Å². The van der Waals surface area contributed by atoms with Gasteiger partial charge in [-0.2, -0.15) is 5.26 Å². The second-order valence-electron chi connectivity index (χ2n) is 6.82. The highest BCUT2D eigenvalue weighted by atomic mass is 16.5. The number of morpholine rings is 1. The number of aromatic nitrogens is 2. The topological polar surface area (TPSA) is 156 Å². The summed E-state index contributed by atoms with van der Waals surface area (Å²) in [5.41, 5.74) is 0.874. The highest BCUT2D eigenvalue weighted by Crippen LogP contribution is 2.21. The molecule has 0 radical (unpaired) electrons. The van der Waals surface area contributed by atoms with Gasteiger partial charge in [-0.25, -0.2) is 14.8 Å². The molecule has 3 heterocycles. The van der Waals surface area contributed by atoms with Crippen LogP contribution >= 0.6 is 0 Å². The first-order valence-corrected chi connectivity index (χ1v) is 9.94. The summed E-state index contributed by atoms with van der Waals surface area (Å²) in [7, 11) is 1.52. The zero-order chi connectivity index (χ0) is 23.6. The predicted octanol–water partition coefficient (Wildman–Crippen LogP) is 1.19. The molecule has 0 aliphatic carbocycles. The molecule has 0 aromatic carbocycles. The van der Waals surface area contributed by atoms with E-state index in [0.29, 0.717) is 31.6 Å². The Morgan fingerprint density at radius 3 is 2.88 bits per heavy atom. The van der Waals surface area contributed by atoms with Gasteiger partial charge in [0.05, 0.1) is 19.4 Å². The van der Waals surface area contributed by atoms with Crippen LogP contribution in [0.2, 0.25) is 0 Å². The van der Waals surface area contributed by atoms with Gasteiger partial charge in [-0.1, -0.05) is 6.07 Å². The van der Waals surface area contributed by atoms with Gasteiger partial charge in [0.1, 0.15) is 47.9 Å². The number of carbonyl (C=O) groups excluding carboxylic acids is 3. The van der Waals surface area contributed by atoms with Gasteiger partial charge in [0.25, 0.3) is 0 Å². The van der Waals surface area contributed by atoms with Gasteiger partial charge < -0.3 is 19.1 Å². The fourth-order valence-electron chi connectivity index (χ4n) is 2.94. The molecule has 2 aromatic heterocycles. The molecule has 2 N–H and O–H groups in total. The molecule has 3 amide bonds. The van der Waals surface area contributed by atoms with Gasteiger partial charge in [0.15, 0.2) is 6.29 Å². The number of rotatable bonds is 9. The summed E-state index contributed by atoms with van der Waals surface area (Å²) in [4.78, 5) is 45.5. The molecule has 1 fully saturated rings. The SMILES string of the molecule is COCCOc1cc(NC(=O)Nc2ccc(CN3CCOCC3=O)c(C=O)n2)ncc1C#N. The summed E-state index contributed by atoms with van der Waals surface area (Å²) in [5, 5.41) is 14.2. The number of nitrogens with zero attached hydrogens (tertiary/aromatic N) is 4.